The Morgan fingerprint density at radius 1 is 1.31 bits per heavy atom. The molecule has 1 aromatic carbocycles. The predicted octanol–water partition coefficient (Wildman–Crippen LogP) is 2.01. The summed E-state index contributed by atoms with van der Waals surface area (Å²) < 4.78 is 18.5. The van der Waals surface area contributed by atoms with Crippen molar-refractivity contribution in [3.8, 4) is 11.5 Å². The van der Waals surface area contributed by atoms with Crippen LogP contribution in [0.5, 0.6) is 11.5 Å². The van der Waals surface area contributed by atoms with Gasteiger partial charge in [-0.05, 0) is 18.6 Å². The van der Waals surface area contributed by atoms with Crippen molar-refractivity contribution in [2.24, 2.45) is 0 Å². The quantitative estimate of drug-likeness (QED) is 0.842. The summed E-state index contributed by atoms with van der Waals surface area (Å²) in [6, 6.07) is 5.73. The number of ether oxygens (including phenoxy) is 1. The molecule has 2 aromatic rings. The second-order valence-corrected chi connectivity index (χ2v) is 3.29. The summed E-state index contributed by atoms with van der Waals surface area (Å²) >= 11 is 0. The number of hydrogen-bond acceptors (Lipinski definition) is 3. The van der Waals surface area contributed by atoms with Gasteiger partial charge in [-0.3, -0.25) is 4.79 Å². The first-order valence-corrected chi connectivity index (χ1v) is 4.64. The third kappa shape index (κ3) is 2.25. The first-order valence-electron chi connectivity index (χ1n) is 4.64. The van der Waals surface area contributed by atoms with Crippen molar-refractivity contribution >= 4 is 0 Å². The first-order chi connectivity index (χ1) is 7.65. The lowest BCUT2D eigenvalue weighted by Crippen LogP contribution is -2.05. The SMILES string of the molecule is Cc1ccc(Oc2cn[nH]c(=O)c2)cc1F. The molecule has 1 aromatic heterocycles. The lowest BCUT2D eigenvalue weighted by Gasteiger charge is -2.05. The average Bonchev–Trinajstić information content (AvgIpc) is 2.24. The fourth-order valence-electron chi connectivity index (χ4n) is 1.19. The van der Waals surface area contributed by atoms with Gasteiger partial charge in [0.15, 0.2) is 5.75 Å². The van der Waals surface area contributed by atoms with E-state index in [9.17, 15) is 9.18 Å². The Kier molecular flexibility index (Phi) is 2.68. The molecule has 0 unspecified atom stereocenters. The number of halogens is 1. The summed E-state index contributed by atoms with van der Waals surface area (Å²) in [5, 5.41) is 5.78. The highest BCUT2D eigenvalue weighted by Crippen LogP contribution is 2.21. The number of benzene rings is 1. The Morgan fingerprint density at radius 3 is 2.81 bits per heavy atom. The number of aromatic nitrogens is 2. The smallest absolute Gasteiger partial charge is 0.267 e. The number of nitrogens with one attached hydrogen (secondary N) is 1. The van der Waals surface area contributed by atoms with Gasteiger partial charge in [-0.25, -0.2) is 9.49 Å². The average molecular weight is 220 g/mol. The van der Waals surface area contributed by atoms with Gasteiger partial charge in [-0.15, -0.1) is 0 Å². The molecule has 16 heavy (non-hydrogen) atoms. The molecule has 2 rings (SSSR count). The van der Waals surface area contributed by atoms with Gasteiger partial charge in [0.2, 0.25) is 0 Å². The number of aryl methyl sites for hydroxylation is 1. The van der Waals surface area contributed by atoms with Crippen molar-refractivity contribution in [1.29, 1.82) is 0 Å². The summed E-state index contributed by atoms with van der Waals surface area (Å²) in [5.41, 5.74) is 0.168. The molecular weight excluding hydrogens is 211 g/mol. The first kappa shape index (κ1) is 10.4. The molecule has 4 nitrogen and oxygen atoms in total. The summed E-state index contributed by atoms with van der Waals surface area (Å²) in [7, 11) is 0. The van der Waals surface area contributed by atoms with Gasteiger partial charge in [-0.2, -0.15) is 5.10 Å². The van der Waals surface area contributed by atoms with Crippen LogP contribution in [0.1, 0.15) is 5.56 Å². The van der Waals surface area contributed by atoms with Crippen LogP contribution >= 0.6 is 0 Å². The molecule has 0 aliphatic heterocycles. The van der Waals surface area contributed by atoms with E-state index in [1.54, 1.807) is 19.1 Å². The van der Waals surface area contributed by atoms with Crippen molar-refractivity contribution in [2.45, 2.75) is 6.92 Å². The highest BCUT2D eigenvalue weighted by Gasteiger charge is 2.02. The molecule has 0 fully saturated rings. The number of hydrogen-bond donors (Lipinski definition) is 1. The van der Waals surface area contributed by atoms with Gasteiger partial charge in [0.05, 0.1) is 6.20 Å². The molecule has 0 bridgehead atoms. The highest BCUT2D eigenvalue weighted by atomic mass is 19.1. The van der Waals surface area contributed by atoms with Gasteiger partial charge < -0.3 is 4.74 Å². The summed E-state index contributed by atoms with van der Waals surface area (Å²) in [5.74, 6) is 0.248. The lowest BCUT2D eigenvalue weighted by molar-refractivity contribution is 0.471. The molecule has 1 N–H and O–H groups in total. The van der Waals surface area contributed by atoms with E-state index < -0.39 is 0 Å². The van der Waals surface area contributed by atoms with Crippen LogP contribution < -0.4 is 10.3 Å². The van der Waals surface area contributed by atoms with Gasteiger partial charge in [0, 0.05) is 12.1 Å². The molecule has 0 spiro atoms. The van der Waals surface area contributed by atoms with Crippen LogP contribution in [-0.4, -0.2) is 10.2 Å². The number of aromatic amines is 1. The second kappa shape index (κ2) is 4.14. The van der Waals surface area contributed by atoms with Crippen LogP contribution in [0.2, 0.25) is 0 Å². The normalized spacial score (nSPS) is 10.1. The largest absolute Gasteiger partial charge is 0.455 e. The fourth-order valence-corrected chi connectivity index (χ4v) is 1.19. The topological polar surface area (TPSA) is 55.0 Å². The fraction of sp³-hybridized carbons (Fsp3) is 0.0909. The Bertz CT molecular complexity index is 566. The van der Waals surface area contributed by atoms with E-state index in [1.165, 1.54) is 18.3 Å². The van der Waals surface area contributed by atoms with Crippen LogP contribution in [0.3, 0.4) is 0 Å². The van der Waals surface area contributed by atoms with Crippen molar-refractivity contribution < 1.29 is 9.13 Å². The minimum absolute atomic E-state index is 0.270. The van der Waals surface area contributed by atoms with Crippen LogP contribution in [0.15, 0.2) is 35.3 Å². The third-order valence-electron chi connectivity index (χ3n) is 2.02. The molecule has 0 saturated heterocycles. The van der Waals surface area contributed by atoms with E-state index in [0.29, 0.717) is 11.3 Å². The molecule has 0 aliphatic rings. The van der Waals surface area contributed by atoms with Crippen molar-refractivity contribution in [3.63, 3.8) is 0 Å². The van der Waals surface area contributed by atoms with Gasteiger partial charge in [-0.1, -0.05) is 6.07 Å². The summed E-state index contributed by atoms with van der Waals surface area (Å²) in [6.07, 6.45) is 1.35. The zero-order valence-electron chi connectivity index (χ0n) is 8.53. The monoisotopic (exact) mass is 220 g/mol. The minimum atomic E-state index is -0.370. The van der Waals surface area contributed by atoms with E-state index in [2.05, 4.69) is 10.2 Å². The molecule has 5 heteroatoms. The summed E-state index contributed by atoms with van der Waals surface area (Å²) in [4.78, 5) is 10.9. The zero-order valence-corrected chi connectivity index (χ0v) is 8.53. The lowest BCUT2D eigenvalue weighted by atomic mass is 10.2. The number of H-pyrrole nitrogens is 1. The summed E-state index contributed by atoms with van der Waals surface area (Å²) in [6.45, 7) is 1.66. The number of rotatable bonds is 2. The minimum Gasteiger partial charge on any atom is -0.455 e. The Hall–Kier alpha value is -2.17. The molecule has 0 saturated carbocycles. The number of nitrogens with zero attached hydrogens (tertiary/aromatic N) is 1. The molecule has 0 atom stereocenters. The van der Waals surface area contributed by atoms with Crippen molar-refractivity contribution in [3.05, 3.63) is 52.2 Å². The van der Waals surface area contributed by atoms with Gasteiger partial charge >= 0.3 is 0 Å². The highest BCUT2D eigenvalue weighted by molar-refractivity contribution is 5.31. The van der Waals surface area contributed by atoms with Gasteiger partial charge in [0.25, 0.3) is 5.56 Å². The maximum atomic E-state index is 13.2. The molecular formula is C11H9FN2O2. The zero-order chi connectivity index (χ0) is 11.5. The van der Waals surface area contributed by atoms with Crippen LogP contribution in [0.25, 0.3) is 0 Å². The molecule has 82 valence electrons. The molecule has 0 amide bonds. The third-order valence-corrected chi connectivity index (χ3v) is 2.02. The van der Waals surface area contributed by atoms with Crippen molar-refractivity contribution in [1.82, 2.24) is 10.2 Å². The van der Waals surface area contributed by atoms with E-state index in [-0.39, 0.29) is 17.1 Å². The van der Waals surface area contributed by atoms with E-state index in [1.807, 2.05) is 0 Å². The second-order valence-electron chi connectivity index (χ2n) is 3.29. The Labute approximate surface area is 90.7 Å². The van der Waals surface area contributed by atoms with E-state index in [4.69, 9.17) is 4.74 Å². The standard InChI is InChI=1S/C11H9FN2O2/c1-7-2-3-8(4-10(7)12)16-9-5-11(15)14-13-6-9/h2-6H,1H3,(H,14,15). The Balaban J connectivity index is 2.27. The van der Waals surface area contributed by atoms with E-state index in [0.717, 1.165) is 0 Å². The maximum Gasteiger partial charge on any atom is 0.267 e. The van der Waals surface area contributed by atoms with E-state index >= 15 is 0 Å². The van der Waals surface area contributed by atoms with Crippen molar-refractivity contribution in [2.75, 3.05) is 0 Å². The van der Waals surface area contributed by atoms with Gasteiger partial charge in [0.1, 0.15) is 11.6 Å². The van der Waals surface area contributed by atoms with Crippen LogP contribution in [0.4, 0.5) is 4.39 Å². The Morgan fingerprint density at radius 2 is 2.12 bits per heavy atom. The molecule has 0 aliphatic carbocycles. The maximum absolute atomic E-state index is 13.2. The molecule has 0 radical (unpaired) electrons. The predicted molar refractivity (Wildman–Crippen MR) is 56.1 cm³/mol. The molecule has 1 heterocycles. The van der Waals surface area contributed by atoms with Crippen LogP contribution in [0, 0.1) is 12.7 Å². The van der Waals surface area contributed by atoms with Crippen LogP contribution in [-0.2, 0) is 0 Å².